The van der Waals surface area contributed by atoms with E-state index in [0.29, 0.717) is 29.0 Å². The molecule has 1 aliphatic carbocycles. The molecule has 1 N–H and O–H groups in total. The third kappa shape index (κ3) is 4.91. The Morgan fingerprint density at radius 2 is 1.69 bits per heavy atom. The number of esters is 2. The van der Waals surface area contributed by atoms with Gasteiger partial charge in [-0.15, -0.1) is 0 Å². The van der Waals surface area contributed by atoms with Crippen LogP contribution in [0.25, 0.3) is 0 Å². The molecule has 36 heavy (non-hydrogen) atoms. The molecule has 1 heterocycles. The highest BCUT2D eigenvalue weighted by Gasteiger charge is 2.47. The molecule has 4 rings (SSSR count). The number of benzene rings is 2. The fourth-order valence-electron chi connectivity index (χ4n) is 5.06. The predicted molar refractivity (Wildman–Crippen MR) is 134 cm³/mol. The number of para-hydroxylation sites is 1. The monoisotopic (exact) mass is 489 g/mol. The summed E-state index contributed by atoms with van der Waals surface area (Å²) in [6.07, 6.45) is 0.494. The number of allylic oxidation sites excluding steroid dienone is 3. The maximum absolute atomic E-state index is 13.8. The van der Waals surface area contributed by atoms with Crippen LogP contribution in [0.5, 0.6) is 5.75 Å². The van der Waals surface area contributed by atoms with Crippen LogP contribution in [0.1, 0.15) is 37.3 Å². The number of ketones is 1. The summed E-state index contributed by atoms with van der Waals surface area (Å²) in [6.45, 7) is 5.86. The van der Waals surface area contributed by atoms with Crippen molar-refractivity contribution in [1.82, 2.24) is 5.32 Å². The minimum absolute atomic E-state index is 0.0483. The third-order valence-corrected chi connectivity index (χ3v) is 6.79. The fourth-order valence-corrected chi connectivity index (χ4v) is 5.06. The summed E-state index contributed by atoms with van der Waals surface area (Å²) >= 11 is 0. The Balaban J connectivity index is 1.65. The first-order valence-corrected chi connectivity index (χ1v) is 12.1. The van der Waals surface area contributed by atoms with E-state index in [2.05, 4.69) is 5.32 Å². The lowest BCUT2D eigenvalue weighted by Crippen LogP contribution is -2.43. The largest absolute Gasteiger partial charge is 0.490 e. The van der Waals surface area contributed by atoms with Gasteiger partial charge in [0, 0.05) is 22.9 Å². The molecule has 7 heteroatoms. The first-order valence-electron chi connectivity index (χ1n) is 12.1. The zero-order valence-electron chi connectivity index (χ0n) is 21.0. The molecule has 0 saturated heterocycles. The van der Waals surface area contributed by atoms with Gasteiger partial charge >= 0.3 is 11.9 Å². The van der Waals surface area contributed by atoms with Crippen molar-refractivity contribution in [3.05, 3.63) is 88.3 Å². The number of rotatable bonds is 7. The molecule has 3 atom stereocenters. The molecular formula is C29H31NO6. The molecular weight excluding hydrogens is 458 g/mol. The Kier molecular flexibility index (Phi) is 7.58. The predicted octanol–water partition coefficient (Wildman–Crippen LogP) is 4.23. The number of hydrogen-bond acceptors (Lipinski definition) is 7. The highest BCUT2D eigenvalue weighted by Crippen LogP contribution is 2.46. The Hall–Kier alpha value is -3.87. The van der Waals surface area contributed by atoms with Gasteiger partial charge in [0.1, 0.15) is 24.9 Å². The number of nitrogens with one attached hydrogen (secondary N) is 1. The summed E-state index contributed by atoms with van der Waals surface area (Å²) in [5, 5.41) is 3.28. The highest BCUT2D eigenvalue weighted by atomic mass is 16.6. The van der Waals surface area contributed by atoms with E-state index in [1.807, 2.05) is 75.4 Å². The molecule has 2 aromatic carbocycles. The second-order valence-electron chi connectivity index (χ2n) is 9.19. The van der Waals surface area contributed by atoms with Crippen LogP contribution < -0.4 is 10.1 Å². The normalized spacial score (nSPS) is 21.4. The summed E-state index contributed by atoms with van der Waals surface area (Å²) in [5.41, 5.74) is 3.91. The van der Waals surface area contributed by atoms with Gasteiger partial charge in [-0.1, -0.05) is 49.4 Å². The van der Waals surface area contributed by atoms with Gasteiger partial charge in [0.15, 0.2) is 5.78 Å². The Labute approximate surface area is 211 Å². The van der Waals surface area contributed by atoms with E-state index in [0.717, 1.165) is 16.8 Å². The van der Waals surface area contributed by atoms with Crippen molar-refractivity contribution >= 4 is 17.7 Å². The second-order valence-corrected chi connectivity index (χ2v) is 9.19. The van der Waals surface area contributed by atoms with Gasteiger partial charge in [-0.05, 0) is 49.4 Å². The smallest absolute Gasteiger partial charge is 0.336 e. The van der Waals surface area contributed by atoms with Crippen molar-refractivity contribution in [2.24, 2.45) is 11.8 Å². The Morgan fingerprint density at radius 1 is 1.00 bits per heavy atom. The topological polar surface area (TPSA) is 90.9 Å². The van der Waals surface area contributed by atoms with E-state index < -0.39 is 23.8 Å². The minimum Gasteiger partial charge on any atom is -0.490 e. The maximum Gasteiger partial charge on any atom is 0.336 e. The molecule has 2 aromatic rings. The van der Waals surface area contributed by atoms with Crippen molar-refractivity contribution in [1.29, 1.82) is 0 Å². The van der Waals surface area contributed by atoms with Crippen LogP contribution in [0.15, 0.2) is 77.1 Å². The van der Waals surface area contributed by atoms with Crippen LogP contribution in [0.2, 0.25) is 0 Å². The van der Waals surface area contributed by atoms with Gasteiger partial charge in [-0.2, -0.15) is 0 Å². The molecule has 0 amide bonds. The molecule has 2 aliphatic rings. The molecule has 0 unspecified atom stereocenters. The second kappa shape index (κ2) is 10.8. The summed E-state index contributed by atoms with van der Waals surface area (Å²) in [6, 6.07) is 16.9. The lowest BCUT2D eigenvalue weighted by molar-refractivity contribution is -0.151. The van der Waals surface area contributed by atoms with Crippen molar-refractivity contribution < 1.29 is 28.6 Å². The highest BCUT2D eigenvalue weighted by molar-refractivity contribution is 6.12. The molecule has 0 aromatic heterocycles. The number of methoxy groups -OCH3 is 1. The van der Waals surface area contributed by atoms with Crippen molar-refractivity contribution in [3.63, 3.8) is 0 Å². The van der Waals surface area contributed by atoms with Crippen LogP contribution in [0.4, 0.5) is 0 Å². The van der Waals surface area contributed by atoms with Crippen LogP contribution in [-0.4, -0.2) is 38.0 Å². The fraction of sp³-hybridized carbons (Fsp3) is 0.345. The average Bonchev–Trinajstić information content (AvgIpc) is 2.86. The van der Waals surface area contributed by atoms with Gasteiger partial charge in [0.25, 0.3) is 0 Å². The molecule has 0 radical (unpaired) electrons. The van der Waals surface area contributed by atoms with Crippen LogP contribution >= 0.6 is 0 Å². The Morgan fingerprint density at radius 3 is 2.39 bits per heavy atom. The van der Waals surface area contributed by atoms with Gasteiger partial charge in [-0.25, -0.2) is 4.79 Å². The van der Waals surface area contributed by atoms with E-state index >= 15 is 0 Å². The zero-order valence-corrected chi connectivity index (χ0v) is 21.0. The number of ether oxygens (including phenoxy) is 3. The van der Waals surface area contributed by atoms with Crippen LogP contribution in [0, 0.1) is 18.8 Å². The number of hydrogen-bond donors (Lipinski definition) is 1. The summed E-state index contributed by atoms with van der Waals surface area (Å²) < 4.78 is 16.2. The summed E-state index contributed by atoms with van der Waals surface area (Å²) in [7, 11) is 1.29. The number of dihydropyridines is 1. The average molecular weight is 490 g/mol. The standard InChI is InChI=1S/C29H31NO6/c1-17-10-8-9-13-21(17)25-24(29(33)36-15-14-35-20-11-6-5-7-12-20)19(3)30-22-16-18(2)23(28(32)34-4)27(31)26(22)25/h5-13,18,23,25,30H,14-16H2,1-4H3/t18-,23-,25+/m1/s1. The zero-order chi connectivity index (χ0) is 25.8. The van der Waals surface area contributed by atoms with Crippen molar-refractivity contribution in [2.45, 2.75) is 33.1 Å². The van der Waals surface area contributed by atoms with Gasteiger partial charge in [0.2, 0.25) is 0 Å². The van der Waals surface area contributed by atoms with E-state index in [1.54, 1.807) is 0 Å². The SMILES string of the molecule is COC(=O)[C@H]1C(=O)C2=C(C[C@H]1C)NC(C)=C(C(=O)OCCOc1ccccc1)[C@@H]2c1ccccc1C. The van der Waals surface area contributed by atoms with E-state index in [9.17, 15) is 14.4 Å². The van der Waals surface area contributed by atoms with Crippen molar-refractivity contribution in [2.75, 3.05) is 20.3 Å². The maximum atomic E-state index is 13.8. The molecule has 0 fully saturated rings. The lowest BCUT2D eigenvalue weighted by atomic mass is 9.68. The van der Waals surface area contributed by atoms with E-state index in [1.165, 1.54) is 7.11 Å². The van der Waals surface area contributed by atoms with Gasteiger partial charge < -0.3 is 19.5 Å². The number of carbonyl (C=O) groups excluding carboxylic acids is 3. The number of aryl methyl sites for hydroxylation is 1. The summed E-state index contributed by atoms with van der Waals surface area (Å²) in [4.78, 5) is 39.7. The first-order chi connectivity index (χ1) is 17.3. The van der Waals surface area contributed by atoms with Crippen molar-refractivity contribution in [3.8, 4) is 5.75 Å². The molecule has 0 spiro atoms. The molecule has 188 valence electrons. The van der Waals surface area contributed by atoms with Gasteiger partial charge in [-0.3, -0.25) is 9.59 Å². The number of Topliss-reactive ketones (excluding diaryl/α,β-unsaturated/α-hetero) is 1. The molecule has 0 saturated carbocycles. The Bertz CT molecular complexity index is 1230. The number of carbonyl (C=O) groups is 3. The third-order valence-electron chi connectivity index (χ3n) is 6.79. The van der Waals surface area contributed by atoms with Crippen LogP contribution in [-0.2, 0) is 23.9 Å². The molecule has 7 nitrogen and oxygen atoms in total. The quantitative estimate of drug-likeness (QED) is 0.354. The lowest BCUT2D eigenvalue weighted by Gasteiger charge is -2.38. The van der Waals surface area contributed by atoms with Crippen LogP contribution in [0.3, 0.4) is 0 Å². The van der Waals surface area contributed by atoms with Gasteiger partial charge in [0.05, 0.1) is 12.7 Å². The first kappa shape index (κ1) is 25.2. The van der Waals surface area contributed by atoms with E-state index in [4.69, 9.17) is 14.2 Å². The van der Waals surface area contributed by atoms with E-state index in [-0.39, 0.29) is 24.9 Å². The molecule has 0 bridgehead atoms. The summed E-state index contributed by atoms with van der Waals surface area (Å²) in [5.74, 6) is -2.53. The minimum atomic E-state index is -0.919. The molecule has 1 aliphatic heterocycles.